The van der Waals surface area contributed by atoms with E-state index in [0.29, 0.717) is 4.68 Å². The van der Waals surface area contributed by atoms with Crippen LogP contribution in [0.5, 0.6) is 5.88 Å². The van der Waals surface area contributed by atoms with Gasteiger partial charge in [-0.1, -0.05) is 0 Å². The van der Waals surface area contributed by atoms with Gasteiger partial charge in [0.1, 0.15) is 5.69 Å². The lowest BCUT2D eigenvalue weighted by atomic mass is 10.2. The molecule has 0 unspecified atom stereocenters. The van der Waals surface area contributed by atoms with Gasteiger partial charge >= 0.3 is 12.8 Å². The minimum Gasteiger partial charge on any atom is -0.415 e. The van der Waals surface area contributed by atoms with Gasteiger partial charge in [-0.15, -0.1) is 5.10 Å². The van der Waals surface area contributed by atoms with Crippen LogP contribution < -0.4 is 4.74 Å². The molecule has 0 aliphatic carbocycles. The van der Waals surface area contributed by atoms with Crippen LogP contribution >= 0.6 is 0 Å². The second kappa shape index (κ2) is 3.67. The average molecular weight is 230 g/mol. The number of nitrogens with zero attached hydrogens (tertiary/aromatic N) is 2. The number of rotatable bonds is 2. The van der Waals surface area contributed by atoms with Crippen LogP contribution in [0.25, 0.3) is 0 Å². The molecule has 0 fully saturated rings. The smallest absolute Gasteiger partial charge is 0.415 e. The van der Waals surface area contributed by atoms with Crippen LogP contribution in [0.3, 0.4) is 0 Å². The Morgan fingerprint density at radius 2 is 1.87 bits per heavy atom. The number of ether oxygens (including phenoxy) is 1. The zero-order valence-corrected chi connectivity index (χ0v) is 7.77. The van der Waals surface area contributed by atoms with Crippen LogP contribution in [0.4, 0.5) is 22.0 Å². The third kappa shape index (κ3) is 2.37. The molecule has 0 N–H and O–H groups in total. The highest BCUT2D eigenvalue weighted by molar-refractivity contribution is 5.31. The van der Waals surface area contributed by atoms with E-state index < -0.39 is 29.9 Å². The lowest BCUT2D eigenvalue weighted by Gasteiger charge is -2.07. The Hall–Kier alpha value is -1.34. The first kappa shape index (κ1) is 11.7. The van der Waals surface area contributed by atoms with E-state index in [0.717, 1.165) is 14.0 Å². The minimum atomic E-state index is -4.64. The summed E-state index contributed by atoms with van der Waals surface area (Å²) >= 11 is 0. The Morgan fingerprint density at radius 1 is 1.33 bits per heavy atom. The fourth-order valence-electron chi connectivity index (χ4n) is 1.20. The van der Waals surface area contributed by atoms with Gasteiger partial charge < -0.3 is 4.74 Å². The molecule has 15 heavy (non-hydrogen) atoms. The number of hydrogen-bond acceptors (Lipinski definition) is 2. The Kier molecular flexibility index (Phi) is 2.87. The second-order valence-electron chi connectivity index (χ2n) is 2.78. The molecule has 3 nitrogen and oxygen atoms in total. The predicted molar refractivity (Wildman–Crippen MR) is 39.6 cm³/mol. The van der Waals surface area contributed by atoms with E-state index in [1.807, 2.05) is 0 Å². The van der Waals surface area contributed by atoms with E-state index in [4.69, 9.17) is 0 Å². The Morgan fingerprint density at radius 3 is 2.20 bits per heavy atom. The Balaban J connectivity index is 3.15. The summed E-state index contributed by atoms with van der Waals surface area (Å²) in [6.07, 6.45) is -4.64. The van der Waals surface area contributed by atoms with Crippen molar-refractivity contribution in [3.63, 3.8) is 0 Å². The molecular weight excluding hydrogens is 223 g/mol. The van der Waals surface area contributed by atoms with E-state index in [1.54, 1.807) is 0 Å². The molecule has 86 valence electrons. The fourth-order valence-corrected chi connectivity index (χ4v) is 1.20. The summed E-state index contributed by atoms with van der Waals surface area (Å²) < 4.78 is 64.9. The van der Waals surface area contributed by atoms with Crippen molar-refractivity contribution in [3.05, 3.63) is 11.3 Å². The monoisotopic (exact) mass is 230 g/mol. The van der Waals surface area contributed by atoms with Gasteiger partial charge in [-0.05, 0) is 6.92 Å². The summed E-state index contributed by atoms with van der Waals surface area (Å²) in [5.41, 5.74) is -1.55. The predicted octanol–water partition coefficient (Wildman–Crippen LogP) is 2.35. The number of hydrogen-bond donors (Lipinski definition) is 0. The zero-order chi connectivity index (χ0) is 11.8. The Labute approximate surface area is 81.4 Å². The summed E-state index contributed by atoms with van der Waals surface area (Å²) in [5, 5.41) is 3.21. The van der Waals surface area contributed by atoms with E-state index >= 15 is 0 Å². The van der Waals surface area contributed by atoms with E-state index in [9.17, 15) is 22.0 Å². The van der Waals surface area contributed by atoms with Crippen molar-refractivity contribution in [1.82, 2.24) is 9.78 Å². The molecule has 0 aliphatic heterocycles. The summed E-state index contributed by atoms with van der Waals surface area (Å²) in [5.74, 6) is -0.708. The molecule has 1 aromatic heterocycles. The highest BCUT2D eigenvalue weighted by Gasteiger charge is 2.38. The molecule has 0 aromatic carbocycles. The summed E-state index contributed by atoms with van der Waals surface area (Å²) in [7, 11) is 1.01. The summed E-state index contributed by atoms with van der Waals surface area (Å²) in [6.45, 7) is -2.17. The SMILES string of the molecule is Cc1c(OC(F)F)nn(C)c1C(F)(F)F. The van der Waals surface area contributed by atoms with Gasteiger partial charge in [-0.25, -0.2) is 0 Å². The average Bonchev–Trinajstić information content (AvgIpc) is 2.23. The van der Waals surface area contributed by atoms with E-state index in [1.165, 1.54) is 0 Å². The van der Waals surface area contributed by atoms with Crippen LogP contribution in [0.1, 0.15) is 11.3 Å². The van der Waals surface area contributed by atoms with Crippen molar-refractivity contribution in [2.24, 2.45) is 7.05 Å². The van der Waals surface area contributed by atoms with Crippen molar-refractivity contribution >= 4 is 0 Å². The van der Waals surface area contributed by atoms with Crippen molar-refractivity contribution in [3.8, 4) is 5.88 Å². The third-order valence-corrected chi connectivity index (χ3v) is 1.71. The molecule has 1 heterocycles. The second-order valence-corrected chi connectivity index (χ2v) is 2.78. The molecule has 8 heteroatoms. The quantitative estimate of drug-likeness (QED) is 0.729. The lowest BCUT2D eigenvalue weighted by Crippen LogP contribution is -2.13. The lowest BCUT2D eigenvalue weighted by molar-refractivity contribution is -0.144. The van der Waals surface area contributed by atoms with Crippen molar-refractivity contribution in [2.75, 3.05) is 0 Å². The molecule has 0 aliphatic rings. The highest BCUT2D eigenvalue weighted by Crippen LogP contribution is 2.35. The topological polar surface area (TPSA) is 27.1 Å². The highest BCUT2D eigenvalue weighted by atomic mass is 19.4. The van der Waals surface area contributed by atoms with Crippen LogP contribution in [-0.2, 0) is 13.2 Å². The largest absolute Gasteiger partial charge is 0.433 e. The first-order valence-electron chi connectivity index (χ1n) is 3.79. The fraction of sp³-hybridized carbons (Fsp3) is 0.571. The maximum Gasteiger partial charge on any atom is 0.433 e. The Bertz CT molecular complexity index is 357. The first-order chi connectivity index (χ1) is 6.73. The molecule has 0 bridgehead atoms. The standard InChI is InChI=1S/C7H7F5N2O/c1-3-4(7(10,11)12)14(2)13-5(3)15-6(8)9/h6H,1-2H3. The minimum absolute atomic E-state index is 0.453. The molecular formula is C7H7F5N2O. The summed E-state index contributed by atoms with van der Waals surface area (Å²) in [4.78, 5) is 0. The summed E-state index contributed by atoms with van der Waals surface area (Å²) in [6, 6.07) is 0. The molecule has 0 amide bonds. The van der Waals surface area contributed by atoms with Crippen LogP contribution in [-0.4, -0.2) is 16.4 Å². The van der Waals surface area contributed by atoms with Crippen LogP contribution in [0, 0.1) is 6.92 Å². The molecule has 0 atom stereocenters. The number of aryl methyl sites for hydroxylation is 1. The van der Waals surface area contributed by atoms with Gasteiger partial charge in [-0.2, -0.15) is 22.0 Å². The molecule has 0 spiro atoms. The third-order valence-electron chi connectivity index (χ3n) is 1.71. The van der Waals surface area contributed by atoms with Gasteiger partial charge in [0.25, 0.3) is 0 Å². The first-order valence-corrected chi connectivity index (χ1v) is 3.79. The van der Waals surface area contributed by atoms with E-state index in [2.05, 4.69) is 9.84 Å². The van der Waals surface area contributed by atoms with Gasteiger partial charge in [0.05, 0.1) is 0 Å². The van der Waals surface area contributed by atoms with Crippen molar-refractivity contribution in [1.29, 1.82) is 0 Å². The van der Waals surface area contributed by atoms with Gasteiger partial charge in [0, 0.05) is 12.6 Å². The zero-order valence-electron chi connectivity index (χ0n) is 7.77. The number of aromatic nitrogens is 2. The van der Waals surface area contributed by atoms with Gasteiger partial charge in [-0.3, -0.25) is 4.68 Å². The van der Waals surface area contributed by atoms with E-state index in [-0.39, 0.29) is 0 Å². The number of alkyl halides is 5. The van der Waals surface area contributed by atoms with Crippen molar-refractivity contribution in [2.45, 2.75) is 19.7 Å². The molecule has 0 saturated heterocycles. The number of halogens is 5. The molecule has 1 rings (SSSR count). The molecule has 0 radical (unpaired) electrons. The molecule has 0 saturated carbocycles. The van der Waals surface area contributed by atoms with Crippen LogP contribution in [0.15, 0.2) is 0 Å². The maximum absolute atomic E-state index is 12.4. The van der Waals surface area contributed by atoms with Gasteiger partial charge in [0.2, 0.25) is 5.88 Å². The van der Waals surface area contributed by atoms with Crippen molar-refractivity contribution < 1.29 is 26.7 Å². The van der Waals surface area contributed by atoms with Crippen LogP contribution in [0.2, 0.25) is 0 Å². The maximum atomic E-state index is 12.4. The molecule has 1 aromatic rings. The van der Waals surface area contributed by atoms with Gasteiger partial charge in [0.15, 0.2) is 0 Å². The normalized spacial score (nSPS) is 12.3.